The van der Waals surface area contributed by atoms with Crippen LogP contribution in [0.1, 0.15) is 44.9 Å². The van der Waals surface area contributed by atoms with E-state index in [1.165, 1.54) is 6.42 Å². The van der Waals surface area contributed by atoms with E-state index in [4.69, 9.17) is 4.74 Å². The monoisotopic (exact) mass is 250 g/mol. The number of carbonyl (C=O) groups excluding carboxylic acids is 1. The van der Waals surface area contributed by atoms with Gasteiger partial charge in [-0.1, -0.05) is 12.8 Å². The summed E-state index contributed by atoms with van der Waals surface area (Å²) in [6, 6.07) is 2.26. The molecule has 0 N–H and O–H groups in total. The van der Waals surface area contributed by atoms with Crippen molar-refractivity contribution < 1.29 is 9.53 Å². The maximum absolute atomic E-state index is 12.4. The molecule has 2 fully saturated rings. The number of hydrogen-bond acceptors (Lipinski definition) is 3. The average molecular weight is 250 g/mol. The number of ether oxygens (including phenoxy) is 1. The molecule has 18 heavy (non-hydrogen) atoms. The van der Waals surface area contributed by atoms with E-state index in [-0.39, 0.29) is 12.0 Å². The van der Waals surface area contributed by atoms with Gasteiger partial charge in [-0.25, -0.2) is 0 Å². The second-order valence-electron chi connectivity index (χ2n) is 5.58. The minimum atomic E-state index is -0.747. The van der Waals surface area contributed by atoms with Gasteiger partial charge in [-0.2, -0.15) is 5.26 Å². The van der Waals surface area contributed by atoms with Crippen LogP contribution in [0, 0.1) is 16.7 Å². The highest BCUT2D eigenvalue weighted by atomic mass is 16.5. The zero-order valence-electron chi connectivity index (χ0n) is 11.2. The second-order valence-corrected chi connectivity index (χ2v) is 5.58. The summed E-state index contributed by atoms with van der Waals surface area (Å²) in [5.74, 6) is -0.00308. The van der Waals surface area contributed by atoms with E-state index < -0.39 is 5.41 Å². The molecule has 2 aliphatic rings. The third-order valence-corrected chi connectivity index (χ3v) is 4.18. The lowest BCUT2D eigenvalue weighted by molar-refractivity contribution is -0.139. The lowest BCUT2D eigenvalue weighted by Gasteiger charge is -2.31. The summed E-state index contributed by atoms with van der Waals surface area (Å²) in [6.45, 7) is 1.43. The number of nitriles is 1. The topological polar surface area (TPSA) is 53.3 Å². The highest BCUT2D eigenvalue weighted by Gasteiger charge is 2.43. The molecule has 1 saturated carbocycles. The molecule has 0 spiro atoms. The van der Waals surface area contributed by atoms with E-state index in [0.29, 0.717) is 6.54 Å². The van der Waals surface area contributed by atoms with Crippen molar-refractivity contribution in [2.24, 2.45) is 5.41 Å². The van der Waals surface area contributed by atoms with Crippen molar-refractivity contribution in [1.29, 1.82) is 5.26 Å². The fourth-order valence-corrected chi connectivity index (χ4v) is 3.06. The van der Waals surface area contributed by atoms with Crippen LogP contribution in [-0.2, 0) is 9.53 Å². The summed E-state index contributed by atoms with van der Waals surface area (Å²) in [6.07, 6.45) is 6.91. The standard InChI is InChI=1S/C14H22N2O2/c1-16(10-12-6-2-5-9-18-12)13(17)14(11-15)7-3-4-8-14/h12H,2-10H2,1H3. The first-order valence-electron chi connectivity index (χ1n) is 6.96. The number of nitrogens with zero attached hydrogens (tertiary/aromatic N) is 2. The van der Waals surface area contributed by atoms with Gasteiger partial charge in [0.05, 0.1) is 12.2 Å². The number of carbonyl (C=O) groups is 1. The molecule has 2 rings (SSSR count). The molecule has 4 nitrogen and oxygen atoms in total. The Bertz CT molecular complexity index is 336. The fraction of sp³-hybridized carbons (Fsp3) is 0.857. The van der Waals surface area contributed by atoms with E-state index in [2.05, 4.69) is 6.07 Å². The molecule has 1 amide bonds. The van der Waals surface area contributed by atoms with E-state index in [0.717, 1.165) is 45.1 Å². The van der Waals surface area contributed by atoms with Crippen molar-refractivity contribution in [2.45, 2.75) is 51.0 Å². The molecule has 1 heterocycles. The van der Waals surface area contributed by atoms with Crippen molar-refractivity contribution in [3.8, 4) is 6.07 Å². The SMILES string of the molecule is CN(CC1CCCCO1)C(=O)C1(C#N)CCCC1. The van der Waals surface area contributed by atoms with Gasteiger partial charge in [-0.15, -0.1) is 0 Å². The summed E-state index contributed by atoms with van der Waals surface area (Å²) < 4.78 is 5.65. The van der Waals surface area contributed by atoms with Crippen LogP contribution in [0.4, 0.5) is 0 Å². The molecule has 1 unspecified atom stereocenters. The van der Waals surface area contributed by atoms with E-state index in [1.54, 1.807) is 11.9 Å². The van der Waals surface area contributed by atoms with Gasteiger partial charge in [-0.05, 0) is 32.1 Å². The van der Waals surface area contributed by atoms with Crippen LogP contribution in [0.3, 0.4) is 0 Å². The van der Waals surface area contributed by atoms with Crippen LogP contribution >= 0.6 is 0 Å². The molecular formula is C14H22N2O2. The molecule has 1 aliphatic heterocycles. The zero-order chi connectivity index (χ0) is 13.0. The zero-order valence-corrected chi connectivity index (χ0v) is 11.2. The van der Waals surface area contributed by atoms with Crippen molar-refractivity contribution in [3.63, 3.8) is 0 Å². The number of amides is 1. The van der Waals surface area contributed by atoms with Crippen molar-refractivity contribution in [3.05, 3.63) is 0 Å². The van der Waals surface area contributed by atoms with Crippen LogP contribution in [0.25, 0.3) is 0 Å². The Labute approximate surface area is 109 Å². The smallest absolute Gasteiger partial charge is 0.242 e. The summed E-state index contributed by atoms with van der Waals surface area (Å²) >= 11 is 0. The van der Waals surface area contributed by atoms with Crippen LogP contribution < -0.4 is 0 Å². The maximum atomic E-state index is 12.4. The predicted octanol–water partition coefficient (Wildman–Crippen LogP) is 2.10. The first-order chi connectivity index (χ1) is 8.68. The largest absolute Gasteiger partial charge is 0.376 e. The van der Waals surface area contributed by atoms with Gasteiger partial charge >= 0.3 is 0 Å². The summed E-state index contributed by atoms with van der Waals surface area (Å²) in [4.78, 5) is 14.1. The van der Waals surface area contributed by atoms with Gasteiger partial charge in [0.15, 0.2) is 0 Å². The molecule has 100 valence electrons. The highest BCUT2D eigenvalue weighted by molar-refractivity contribution is 5.85. The average Bonchev–Trinajstić information content (AvgIpc) is 2.89. The Kier molecular flexibility index (Phi) is 4.23. The Morgan fingerprint density at radius 2 is 2.11 bits per heavy atom. The Morgan fingerprint density at radius 1 is 1.39 bits per heavy atom. The first-order valence-corrected chi connectivity index (χ1v) is 6.96. The quantitative estimate of drug-likeness (QED) is 0.770. The Hall–Kier alpha value is -1.08. The molecule has 0 aromatic carbocycles. The van der Waals surface area contributed by atoms with Crippen LogP contribution in [-0.4, -0.2) is 37.1 Å². The Balaban J connectivity index is 1.93. The molecule has 0 radical (unpaired) electrons. The summed E-state index contributed by atoms with van der Waals surface area (Å²) in [7, 11) is 1.80. The summed E-state index contributed by atoms with van der Waals surface area (Å²) in [5.41, 5.74) is -0.747. The second kappa shape index (κ2) is 5.71. The highest BCUT2D eigenvalue weighted by Crippen LogP contribution is 2.39. The van der Waals surface area contributed by atoms with Gasteiger partial charge in [0.25, 0.3) is 0 Å². The van der Waals surface area contributed by atoms with E-state index >= 15 is 0 Å². The third-order valence-electron chi connectivity index (χ3n) is 4.18. The normalized spacial score (nSPS) is 26.6. The number of likely N-dealkylation sites (N-methyl/N-ethyl adjacent to an activating group) is 1. The molecule has 1 saturated heterocycles. The minimum absolute atomic E-state index is 0.00308. The molecule has 4 heteroatoms. The predicted molar refractivity (Wildman–Crippen MR) is 67.7 cm³/mol. The molecule has 0 bridgehead atoms. The molecular weight excluding hydrogens is 228 g/mol. The van der Waals surface area contributed by atoms with Crippen molar-refractivity contribution in [1.82, 2.24) is 4.90 Å². The first kappa shape index (κ1) is 13.4. The Morgan fingerprint density at radius 3 is 2.67 bits per heavy atom. The van der Waals surface area contributed by atoms with Crippen molar-refractivity contribution >= 4 is 5.91 Å². The third kappa shape index (κ3) is 2.67. The lowest BCUT2D eigenvalue weighted by Crippen LogP contribution is -2.44. The van der Waals surface area contributed by atoms with Gasteiger partial charge in [0.2, 0.25) is 5.91 Å². The van der Waals surface area contributed by atoms with Gasteiger partial charge < -0.3 is 9.64 Å². The van der Waals surface area contributed by atoms with Gasteiger partial charge in [0, 0.05) is 20.2 Å². The van der Waals surface area contributed by atoms with E-state index in [9.17, 15) is 10.1 Å². The molecule has 0 aromatic heterocycles. The van der Waals surface area contributed by atoms with Crippen LogP contribution in [0.2, 0.25) is 0 Å². The number of hydrogen-bond donors (Lipinski definition) is 0. The maximum Gasteiger partial charge on any atom is 0.242 e. The molecule has 1 atom stereocenters. The summed E-state index contributed by atoms with van der Waals surface area (Å²) in [5, 5.41) is 9.31. The number of rotatable bonds is 3. The van der Waals surface area contributed by atoms with Gasteiger partial charge in [0.1, 0.15) is 5.41 Å². The van der Waals surface area contributed by atoms with Gasteiger partial charge in [-0.3, -0.25) is 4.79 Å². The fourth-order valence-electron chi connectivity index (χ4n) is 3.06. The molecule has 1 aliphatic carbocycles. The lowest BCUT2D eigenvalue weighted by atomic mass is 9.86. The van der Waals surface area contributed by atoms with Crippen molar-refractivity contribution in [2.75, 3.05) is 20.2 Å². The molecule has 0 aromatic rings. The van der Waals surface area contributed by atoms with Crippen LogP contribution in [0.5, 0.6) is 0 Å². The minimum Gasteiger partial charge on any atom is -0.376 e. The van der Waals surface area contributed by atoms with Crippen LogP contribution in [0.15, 0.2) is 0 Å². The van der Waals surface area contributed by atoms with E-state index in [1.807, 2.05) is 0 Å².